The summed E-state index contributed by atoms with van der Waals surface area (Å²) >= 11 is 0. The summed E-state index contributed by atoms with van der Waals surface area (Å²) in [5.74, 6) is -2.20. The van der Waals surface area contributed by atoms with Gasteiger partial charge in [-0.15, -0.1) is 0 Å². The molecule has 0 radical (unpaired) electrons. The fraction of sp³-hybridized carbons (Fsp3) is 0.300. The fourth-order valence-corrected chi connectivity index (χ4v) is 1.31. The normalized spacial score (nSPS) is 16.6. The van der Waals surface area contributed by atoms with Gasteiger partial charge in [-0.2, -0.15) is 0 Å². The molecule has 84 valence electrons. The number of nitrogens with one attached hydrogen (secondary N) is 1. The molecule has 1 aliphatic rings. The maximum atomic E-state index is 12.5. The van der Waals surface area contributed by atoms with Crippen LogP contribution in [0.4, 0.5) is 4.39 Å². The number of aromatic nitrogens is 1. The van der Waals surface area contributed by atoms with Crippen LogP contribution in [0.2, 0.25) is 0 Å². The van der Waals surface area contributed by atoms with Crippen LogP contribution in [0.3, 0.4) is 0 Å². The average Bonchev–Trinajstić information content (AvgIpc) is 3.00. The molecular formula is C10H9FN2O3. The summed E-state index contributed by atoms with van der Waals surface area (Å²) in [4.78, 5) is 25.9. The van der Waals surface area contributed by atoms with Gasteiger partial charge in [0.1, 0.15) is 17.1 Å². The van der Waals surface area contributed by atoms with E-state index in [0.717, 1.165) is 12.3 Å². The van der Waals surface area contributed by atoms with Crippen LogP contribution in [0.15, 0.2) is 18.3 Å². The number of rotatable bonds is 3. The molecule has 0 bridgehead atoms. The molecular weight excluding hydrogens is 215 g/mol. The van der Waals surface area contributed by atoms with Gasteiger partial charge < -0.3 is 10.4 Å². The van der Waals surface area contributed by atoms with Gasteiger partial charge in [0, 0.05) is 0 Å². The van der Waals surface area contributed by atoms with Gasteiger partial charge in [0.2, 0.25) is 0 Å². The Morgan fingerprint density at radius 3 is 2.56 bits per heavy atom. The van der Waals surface area contributed by atoms with E-state index in [-0.39, 0.29) is 5.69 Å². The Hall–Kier alpha value is -1.98. The Morgan fingerprint density at radius 1 is 1.44 bits per heavy atom. The minimum Gasteiger partial charge on any atom is -0.480 e. The molecule has 0 aromatic carbocycles. The van der Waals surface area contributed by atoms with Crippen molar-refractivity contribution in [2.75, 3.05) is 0 Å². The van der Waals surface area contributed by atoms with Crippen LogP contribution >= 0.6 is 0 Å². The topological polar surface area (TPSA) is 79.3 Å². The van der Waals surface area contributed by atoms with Crippen LogP contribution in [0.1, 0.15) is 23.3 Å². The summed E-state index contributed by atoms with van der Waals surface area (Å²) in [6.07, 6.45) is 1.74. The smallest absolute Gasteiger partial charge is 0.329 e. The van der Waals surface area contributed by atoms with Crippen LogP contribution in [0.25, 0.3) is 0 Å². The number of amides is 1. The molecule has 0 unspecified atom stereocenters. The van der Waals surface area contributed by atoms with Gasteiger partial charge in [0.25, 0.3) is 5.91 Å². The summed E-state index contributed by atoms with van der Waals surface area (Å²) < 4.78 is 12.5. The maximum absolute atomic E-state index is 12.5. The maximum Gasteiger partial charge on any atom is 0.329 e. The van der Waals surface area contributed by atoms with Gasteiger partial charge in [-0.05, 0) is 25.0 Å². The van der Waals surface area contributed by atoms with E-state index in [2.05, 4.69) is 10.3 Å². The highest BCUT2D eigenvalue weighted by atomic mass is 19.1. The Morgan fingerprint density at radius 2 is 2.12 bits per heavy atom. The average molecular weight is 224 g/mol. The fourth-order valence-electron chi connectivity index (χ4n) is 1.31. The minimum atomic E-state index is -1.15. The summed E-state index contributed by atoms with van der Waals surface area (Å²) in [7, 11) is 0. The number of pyridine rings is 1. The quantitative estimate of drug-likeness (QED) is 0.786. The van der Waals surface area contributed by atoms with Crippen LogP contribution in [0, 0.1) is 5.82 Å². The van der Waals surface area contributed by atoms with Crippen molar-refractivity contribution in [2.24, 2.45) is 0 Å². The highest BCUT2D eigenvalue weighted by Gasteiger charge is 2.51. The summed E-state index contributed by atoms with van der Waals surface area (Å²) in [5, 5.41) is 11.2. The first-order valence-electron chi connectivity index (χ1n) is 4.71. The van der Waals surface area contributed by atoms with E-state index in [0.29, 0.717) is 12.8 Å². The van der Waals surface area contributed by atoms with Crippen LogP contribution < -0.4 is 5.32 Å². The lowest BCUT2D eigenvalue weighted by atomic mass is 10.2. The summed E-state index contributed by atoms with van der Waals surface area (Å²) in [6, 6.07) is 2.31. The molecule has 0 atom stereocenters. The van der Waals surface area contributed by atoms with E-state index in [1.807, 2.05) is 0 Å². The molecule has 6 heteroatoms. The van der Waals surface area contributed by atoms with Crippen molar-refractivity contribution in [1.82, 2.24) is 10.3 Å². The lowest BCUT2D eigenvalue weighted by molar-refractivity contribution is -0.140. The molecule has 5 nitrogen and oxygen atoms in total. The molecule has 2 N–H and O–H groups in total. The highest BCUT2D eigenvalue weighted by Crippen LogP contribution is 2.35. The molecule has 0 saturated heterocycles. The van der Waals surface area contributed by atoms with Gasteiger partial charge in [0.15, 0.2) is 0 Å². The Balaban J connectivity index is 2.09. The van der Waals surface area contributed by atoms with Gasteiger partial charge >= 0.3 is 5.97 Å². The number of hydrogen-bond acceptors (Lipinski definition) is 3. The van der Waals surface area contributed by atoms with Crippen LogP contribution in [0.5, 0.6) is 0 Å². The molecule has 1 aliphatic carbocycles. The van der Waals surface area contributed by atoms with Crippen molar-refractivity contribution >= 4 is 11.9 Å². The minimum absolute atomic E-state index is 0.00826. The van der Waals surface area contributed by atoms with Crippen molar-refractivity contribution in [2.45, 2.75) is 18.4 Å². The molecule has 1 fully saturated rings. The Bertz CT molecular complexity index is 440. The van der Waals surface area contributed by atoms with Crippen molar-refractivity contribution < 1.29 is 19.1 Å². The zero-order valence-electron chi connectivity index (χ0n) is 8.24. The molecule has 16 heavy (non-hydrogen) atoms. The number of carboxylic acids is 1. The number of halogens is 1. The van der Waals surface area contributed by atoms with Crippen molar-refractivity contribution in [3.63, 3.8) is 0 Å². The van der Waals surface area contributed by atoms with E-state index in [1.54, 1.807) is 0 Å². The third-order valence-corrected chi connectivity index (χ3v) is 2.47. The van der Waals surface area contributed by atoms with E-state index in [9.17, 15) is 14.0 Å². The lowest BCUT2D eigenvalue weighted by Gasteiger charge is -2.11. The lowest BCUT2D eigenvalue weighted by Crippen LogP contribution is -2.43. The molecule has 2 rings (SSSR count). The van der Waals surface area contributed by atoms with E-state index >= 15 is 0 Å². The third-order valence-electron chi connectivity index (χ3n) is 2.47. The largest absolute Gasteiger partial charge is 0.480 e. The third kappa shape index (κ3) is 1.86. The zero-order chi connectivity index (χ0) is 11.8. The second-order valence-corrected chi connectivity index (χ2v) is 3.70. The van der Waals surface area contributed by atoms with Gasteiger partial charge in [-0.3, -0.25) is 4.79 Å². The molecule has 1 aromatic rings. The monoisotopic (exact) mass is 224 g/mol. The zero-order valence-corrected chi connectivity index (χ0v) is 8.24. The standard InChI is InChI=1S/C10H9FN2O3/c11-6-1-2-7(12-5-6)8(14)13-10(3-4-10)9(15)16/h1-2,5H,3-4H2,(H,13,14)(H,15,16). The van der Waals surface area contributed by atoms with Crippen LogP contribution in [-0.2, 0) is 4.79 Å². The SMILES string of the molecule is O=C(NC1(C(=O)O)CC1)c1ccc(F)cn1. The number of carbonyl (C=O) groups is 2. The Labute approximate surface area is 90.3 Å². The number of carbonyl (C=O) groups excluding carboxylic acids is 1. The number of nitrogens with zero attached hydrogens (tertiary/aromatic N) is 1. The van der Waals surface area contributed by atoms with Crippen molar-refractivity contribution in [3.8, 4) is 0 Å². The number of aliphatic carboxylic acids is 1. The predicted molar refractivity (Wildman–Crippen MR) is 51.3 cm³/mol. The second kappa shape index (κ2) is 3.55. The van der Waals surface area contributed by atoms with E-state index < -0.39 is 23.2 Å². The first-order valence-corrected chi connectivity index (χ1v) is 4.71. The van der Waals surface area contributed by atoms with Gasteiger partial charge in [0.05, 0.1) is 6.20 Å². The molecule has 0 spiro atoms. The highest BCUT2D eigenvalue weighted by molar-refractivity contribution is 5.97. The first-order chi connectivity index (χ1) is 7.53. The molecule has 1 amide bonds. The van der Waals surface area contributed by atoms with Gasteiger partial charge in [-0.25, -0.2) is 14.2 Å². The summed E-state index contributed by atoms with van der Waals surface area (Å²) in [5.41, 5.74) is -1.14. The molecule has 1 heterocycles. The Kier molecular flexibility index (Phi) is 2.34. The molecule has 0 aliphatic heterocycles. The van der Waals surface area contributed by atoms with Crippen LogP contribution in [-0.4, -0.2) is 27.5 Å². The van der Waals surface area contributed by atoms with E-state index in [1.165, 1.54) is 6.07 Å². The predicted octanol–water partition coefficient (Wildman–Crippen LogP) is 0.568. The van der Waals surface area contributed by atoms with Gasteiger partial charge in [-0.1, -0.05) is 0 Å². The van der Waals surface area contributed by atoms with Crippen molar-refractivity contribution in [1.29, 1.82) is 0 Å². The van der Waals surface area contributed by atoms with E-state index in [4.69, 9.17) is 5.11 Å². The molecule has 1 aromatic heterocycles. The number of carboxylic acid groups (broad SMARTS) is 1. The first kappa shape index (κ1) is 10.5. The summed E-state index contributed by atoms with van der Waals surface area (Å²) in [6.45, 7) is 0. The number of hydrogen-bond donors (Lipinski definition) is 2. The van der Waals surface area contributed by atoms with Crippen molar-refractivity contribution in [3.05, 3.63) is 29.8 Å². The second-order valence-electron chi connectivity index (χ2n) is 3.70. The molecule has 1 saturated carbocycles.